The molecule has 0 heterocycles. The summed E-state index contributed by atoms with van der Waals surface area (Å²) in [6.07, 6.45) is 1.75. The smallest absolute Gasteiger partial charge is 0.243 e. The van der Waals surface area contributed by atoms with E-state index >= 15 is 0 Å². The molecule has 10 heteroatoms. The van der Waals surface area contributed by atoms with Gasteiger partial charge in [-0.2, -0.15) is 0 Å². The maximum atomic E-state index is 13.8. The second kappa shape index (κ2) is 15.2. The Kier molecular flexibility index (Phi) is 12.1. The fourth-order valence-corrected chi connectivity index (χ4v) is 5.67. The van der Waals surface area contributed by atoms with Crippen LogP contribution in [0.4, 0.5) is 5.69 Å². The third kappa shape index (κ3) is 10.4. The van der Waals surface area contributed by atoms with E-state index in [4.69, 9.17) is 23.2 Å². The van der Waals surface area contributed by atoms with E-state index in [1.807, 2.05) is 56.3 Å². The highest BCUT2D eigenvalue weighted by Crippen LogP contribution is 2.23. The Balaban J connectivity index is 1.87. The summed E-state index contributed by atoms with van der Waals surface area (Å²) in [5.74, 6) is -0.244. The lowest BCUT2D eigenvalue weighted by molar-refractivity contribution is -0.141. The zero-order valence-corrected chi connectivity index (χ0v) is 25.9. The van der Waals surface area contributed by atoms with E-state index in [0.717, 1.165) is 17.4 Å². The number of amides is 2. The molecule has 0 spiro atoms. The van der Waals surface area contributed by atoms with Crippen LogP contribution in [0, 0.1) is 5.92 Å². The van der Waals surface area contributed by atoms with Crippen molar-refractivity contribution < 1.29 is 18.0 Å². The number of anilines is 1. The Hall–Kier alpha value is -3.07. The van der Waals surface area contributed by atoms with E-state index < -0.39 is 16.1 Å². The Labute approximate surface area is 253 Å². The number of sulfonamides is 1. The molecule has 0 fully saturated rings. The molecule has 0 aliphatic heterocycles. The predicted octanol–water partition coefficient (Wildman–Crippen LogP) is 5.95. The molecule has 0 aromatic heterocycles. The molecule has 0 radical (unpaired) electrons. The Morgan fingerprint density at radius 1 is 0.878 bits per heavy atom. The number of nitrogens with zero attached hydrogens (tertiary/aromatic N) is 2. The lowest BCUT2D eigenvalue weighted by Gasteiger charge is -2.32. The molecule has 0 saturated carbocycles. The number of benzene rings is 3. The van der Waals surface area contributed by atoms with Gasteiger partial charge in [-0.3, -0.25) is 13.9 Å². The van der Waals surface area contributed by atoms with Crippen molar-refractivity contribution >= 4 is 50.7 Å². The van der Waals surface area contributed by atoms with Crippen molar-refractivity contribution in [2.75, 3.05) is 23.7 Å². The highest BCUT2D eigenvalue weighted by molar-refractivity contribution is 7.92. The summed E-state index contributed by atoms with van der Waals surface area (Å²) in [6, 6.07) is 22.6. The number of carbonyl (C=O) groups excluding carboxylic acids is 2. The molecule has 1 atom stereocenters. The van der Waals surface area contributed by atoms with Crippen LogP contribution in [0.5, 0.6) is 0 Å². The van der Waals surface area contributed by atoms with Gasteiger partial charge in [0.25, 0.3) is 0 Å². The Morgan fingerprint density at radius 3 is 2.17 bits per heavy atom. The Bertz CT molecular complexity index is 1400. The fourth-order valence-electron chi connectivity index (χ4n) is 4.40. The minimum Gasteiger partial charge on any atom is -0.354 e. The van der Waals surface area contributed by atoms with Crippen LogP contribution < -0.4 is 9.62 Å². The lowest BCUT2D eigenvalue weighted by Crippen LogP contribution is -2.51. The number of hydrogen-bond donors (Lipinski definition) is 1. The Morgan fingerprint density at radius 2 is 1.56 bits per heavy atom. The van der Waals surface area contributed by atoms with Crippen LogP contribution >= 0.6 is 23.2 Å². The number of rotatable bonds is 14. The maximum absolute atomic E-state index is 13.8. The van der Waals surface area contributed by atoms with Crippen molar-refractivity contribution in [3.05, 3.63) is 100 Å². The van der Waals surface area contributed by atoms with E-state index in [2.05, 4.69) is 5.32 Å². The number of carbonyl (C=O) groups is 2. The molecule has 3 aromatic carbocycles. The van der Waals surface area contributed by atoms with Crippen LogP contribution in [0.15, 0.2) is 78.9 Å². The second-order valence-electron chi connectivity index (χ2n) is 10.4. The molecule has 3 aromatic rings. The first-order valence-electron chi connectivity index (χ1n) is 13.5. The van der Waals surface area contributed by atoms with E-state index in [1.165, 1.54) is 4.31 Å². The molecule has 220 valence electrons. The van der Waals surface area contributed by atoms with Gasteiger partial charge in [0.05, 0.1) is 11.9 Å². The quantitative estimate of drug-likeness (QED) is 0.242. The van der Waals surface area contributed by atoms with Gasteiger partial charge in [0, 0.05) is 42.5 Å². The summed E-state index contributed by atoms with van der Waals surface area (Å²) < 4.78 is 26.4. The third-order valence-electron chi connectivity index (χ3n) is 6.47. The van der Waals surface area contributed by atoms with Crippen LogP contribution in [0.1, 0.15) is 37.8 Å². The predicted molar refractivity (Wildman–Crippen MR) is 167 cm³/mol. The highest BCUT2D eigenvalue weighted by Gasteiger charge is 2.30. The summed E-state index contributed by atoms with van der Waals surface area (Å²) in [6.45, 7) is 4.79. The van der Waals surface area contributed by atoms with Crippen molar-refractivity contribution in [1.29, 1.82) is 0 Å². The van der Waals surface area contributed by atoms with E-state index in [9.17, 15) is 18.0 Å². The second-order valence-corrected chi connectivity index (χ2v) is 13.2. The van der Waals surface area contributed by atoms with Gasteiger partial charge >= 0.3 is 0 Å². The lowest BCUT2D eigenvalue weighted by atomic mass is 10.0. The van der Waals surface area contributed by atoms with Crippen molar-refractivity contribution in [3.63, 3.8) is 0 Å². The molecule has 2 amide bonds. The summed E-state index contributed by atoms with van der Waals surface area (Å²) in [4.78, 5) is 29.0. The molecule has 3 rings (SSSR count). The number of nitrogens with one attached hydrogen (secondary N) is 1. The zero-order valence-electron chi connectivity index (χ0n) is 23.6. The molecular weight excluding hydrogens is 581 g/mol. The summed E-state index contributed by atoms with van der Waals surface area (Å²) in [7, 11) is -3.62. The largest absolute Gasteiger partial charge is 0.354 e. The van der Waals surface area contributed by atoms with Gasteiger partial charge in [0.2, 0.25) is 21.8 Å². The van der Waals surface area contributed by atoms with Crippen molar-refractivity contribution in [3.8, 4) is 0 Å². The minimum absolute atomic E-state index is 0.0446. The minimum atomic E-state index is -3.62. The van der Waals surface area contributed by atoms with E-state index in [-0.39, 0.29) is 43.7 Å². The average Bonchev–Trinajstić information content (AvgIpc) is 2.92. The van der Waals surface area contributed by atoms with Gasteiger partial charge in [-0.15, -0.1) is 0 Å². The average molecular weight is 619 g/mol. The maximum Gasteiger partial charge on any atom is 0.243 e. The standard InChI is InChI=1S/C31H37Cl2N3O4S/c1-23(2)21-34-31(38)29(19-24-9-5-4-6-10-24)35(22-25-14-16-26(32)17-15-25)30(37)13-8-18-36(41(3,39)40)28-12-7-11-27(33)20-28/h4-7,9-12,14-17,20,23,29H,8,13,18-19,21-22H2,1-3H3,(H,34,38)/t29-/m1/s1. The number of hydrogen-bond acceptors (Lipinski definition) is 4. The molecule has 0 aliphatic carbocycles. The van der Waals surface area contributed by atoms with Crippen LogP contribution in [0.2, 0.25) is 10.0 Å². The first-order chi connectivity index (χ1) is 19.4. The fraction of sp³-hybridized carbons (Fsp3) is 0.355. The van der Waals surface area contributed by atoms with Gasteiger partial charge in [-0.25, -0.2) is 8.42 Å². The monoisotopic (exact) mass is 617 g/mol. The van der Waals surface area contributed by atoms with Gasteiger partial charge in [0.1, 0.15) is 6.04 Å². The molecule has 0 aliphatic rings. The van der Waals surface area contributed by atoms with Crippen molar-refractivity contribution in [2.45, 2.75) is 45.7 Å². The van der Waals surface area contributed by atoms with Crippen LogP contribution in [0.25, 0.3) is 0 Å². The van der Waals surface area contributed by atoms with Gasteiger partial charge < -0.3 is 10.2 Å². The summed E-state index contributed by atoms with van der Waals surface area (Å²) >= 11 is 12.2. The first-order valence-corrected chi connectivity index (χ1v) is 16.1. The normalized spacial score (nSPS) is 12.1. The molecule has 0 saturated heterocycles. The molecule has 0 bridgehead atoms. The zero-order chi connectivity index (χ0) is 30.0. The molecule has 1 N–H and O–H groups in total. The van der Waals surface area contributed by atoms with Crippen LogP contribution in [0.3, 0.4) is 0 Å². The van der Waals surface area contributed by atoms with Crippen LogP contribution in [-0.4, -0.2) is 50.5 Å². The van der Waals surface area contributed by atoms with Crippen molar-refractivity contribution in [1.82, 2.24) is 10.2 Å². The van der Waals surface area contributed by atoms with Crippen molar-refractivity contribution in [2.24, 2.45) is 5.92 Å². The molecular formula is C31H37Cl2N3O4S. The molecule has 0 unspecified atom stereocenters. The number of halogens is 2. The summed E-state index contributed by atoms with van der Waals surface area (Å²) in [5.41, 5.74) is 2.19. The summed E-state index contributed by atoms with van der Waals surface area (Å²) in [5, 5.41) is 3.99. The highest BCUT2D eigenvalue weighted by atomic mass is 35.5. The SMILES string of the molecule is CC(C)CNC(=O)[C@@H](Cc1ccccc1)N(Cc1ccc(Cl)cc1)C(=O)CCCN(c1cccc(Cl)c1)S(C)(=O)=O. The van der Waals surface area contributed by atoms with E-state index in [1.54, 1.807) is 41.3 Å². The van der Waals surface area contributed by atoms with Gasteiger partial charge in [-0.1, -0.05) is 85.6 Å². The third-order valence-corrected chi connectivity index (χ3v) is 8.15. The van der Waals surface area contributed by atoms with Gasteiger partial charge in [0.15, 0.2) is 0 Å². The molecule has 7 nitrogen and oxygen atoms in total. The van der Waals surface area contributed by atoms with Crippen LogP contribution in [-0.2, 0) is 32.6 Å². The topological polar surface area (TPSA) is 86.8 Å². The molecule has 41 heavy (non-hydrogen) atoms. The van der Waals surface area contributed by atoms with Gasteiger partial charge in [-0.05, 0) is 53.8 Å². The first kappa shape index (κ1) is 32.4. The van der Waals surface area contributed by atoms with E-state index in [0.29, 0.717) is 28.7 Å².